The zero-order chi connectivity index (χ0) is 20.0. The van der Waals surface area contributed by atoms with Gasteiger partial charge in [-0.05, 0) is 48.4 Å². The molecule has 1 aliphatic carbocycles. The van der Waals surface area contributed by atoms with E-state index >= 15 is 0 Å². The monoisotopic (exact) mass is 399 g/mol. The molecule has 0 heterocycles. The summed E-state index contributed by atoms with van der Waals surface area (Å²) < 4.78 is 32.6. The SMILES string of the molecule is CC(=O)Oc1cccc2c1CCC=C2CCNS(=O)(=O)CCc1ccccc1. The molecule has 1 N–H and O–H groups in total. The van der Waals surface area contributed by atoms with Crippen LogP contribution in [-0.2, 0) is 27.7 Å². The molecule has 5 nitrogen and oxygen atoms in total. The van der Waals surface area contributed by atoms with E-state index in [1.54, 1.807) is 6.07 Å². The minimum Gasteiger partial charge on any atom is -0.426 e. The molecule has 0 atom stereocenters. The third kappa shape index (κ3) is 5.53. The number of fused-ring (bicyclic) bond motifs is 1. The second kappa shape index (κ2) is 9.17. The van der Waals surface area contributed by atoms with E-state index in [2.05, 4.69) is 10.8 Å². The number of sulfonamides is 1. The lowest BCUT2D eigenvalue weighted by molar-refractivity contribution is -0.131. The van der Waals surface area contributed by atoms with Gasteiger partial charge < -0.3 is 4.74 Å². The maximum atomic E-state index is 12.3. The van der Waals surface area contributed by atoms with E-state index in [1.165, 1.54) is 6.92 Å². The topological polar surface area (TPSA) is 72.5 Å². The Labute approximate surface area is 166 Å². The number of carbonyl (C=O) groups is 1. The van der Waals surface area contributed by atoms with Crippen LogP contribution in [0.3, 0.4) is 0 Å². The van der Waals surface area contributed by atoms with Crippen molar-refractivity contribution in [1.82, 2.24) is 4.72 Å². The summed E-state index contributed by atoms with van der Waals surface area (Å²) in [6.45, 7) is 1.74. The molecule has 0 unspecified atom stereocenters. The van der Waals surface area contributed by atoms with E-state index in [0.717, 1.165) is 35.1 Å². The molecule has 6 heteroatoms. The molecule has 148 valence electrons. The van der Waals surface area contributed by atoms with Crippen molar-refractivity contribution in [3.8, 4) is 5.75 Å². The number of rotatable bonds is 8. The Kier molecular flexibility index (Phi) is 6.65. The fourth-order valence-electron chi connectivity index (χ4n) is 3.42. The second-order valence-electron chi connectivity index (χ2n) is 6.84. The van der Waals surface area contributed by atoms with Crippen molar-refractivity contribution in [2.45, 2.75) is 32.6 Å². The van der Waals surface area contributed by atoms with Crippen molar-refractivity contribution >= 4 is 21.6 Å². The van der Waals surface area contributed by atoms with Gasteiger partial charge in [0.2, 0.25) is 10.0 Å². The van der Waals surface area contributed by atoms with Crippen LogP contribution in [0.1, 0.15) is 36.5 Å². The number of hydrogen-bond donors (Lipinski definition) is 1. The van der Waals surface area contributed by atoms with Crippen LogP contribution in [0.4, 0.5) is 0 Å². The van der Waals surface area contributed by atoms with E-state index in [1.807, 2.05) is 42.5 Å². The highest BCUT2D eigenvalue weighted by molar-refractivity contribution is 7.89. The minimum atomic E-state index is -3.33. The van der Waals surface area contributed by atoms with Gasteiger partial charge >= 0.3 is 5.97 Å². The first-order chi connectivity index (χ1) is 13.4. The molecular formula is C22H25NO4S. The number of ether oxygens (including phenoxy) is 1. The Hall–Kier alpha value is -2.44. The highest BCUT2D eigenvalue weighted by Gasteiger charge is 2.18. The van der Waals surface area contributed by atoms with Crippen molar-refractivity contribution in [3.63, 3.8) is 0 Å². The summed E-state index contributed by atoms with van der Waals surface area (Å²) in [5, 5.41) is 0. The highest BCUT2D eigenvalue weighted by Crippen LogP contribution is 2.34. The van der Waals surface area contributed by atoms with Crippen molar-refractivity contribution in [2.75, 3.05) is 12.3 Å². The van der Waals surface area contributed by atoms with Crippen LogP contribution < -0.4 is 9.46 Å². The van der Waals surface area contributed by atoms with Crippen LogP contribution in [0, 0.1) is 0 Å². The smallest absolute Gasteiger partial charge is 0.308 e. The van der Waals surface area contributed by atoms with E-state index in [0.29, 0.717) is 25.1 Å². The van der Waals surface area contributed by atoms with Crippen LogP contribution >= 0.6 is 0 Å². The lowest BCUT2D eigenvalue weighted by Gasteiger charge is -2.20. The molecule has 0 fully saturated rings. The first kappa shape index (κ1) is 20.3. The number of allylic oxidation sites excluding steroid dienone is 1. The molecule has 0 bridgehead atoms. The summed E-state index contributed by atoms with van der Waals surface area (Å²) >= 11 is 0. The summed E-state index contributed by atoms with van der Waals surface area (Å²) in [5.74, 6) is 0.332. The predicted octanol–water partition coefficient (Wildman–Crippen LogP) is 3.49. The van der Waals surface area contributed by atoms with Crippen LogP contribution in [0.25, 0.3) is 5.57 Å². The molecule has 1 aliphatic rings. The van der Waals surface area contributed by atoms with Gasteiger partial charge in [-0.2, -0.15) is 0 Å². The fraction of sp³-hybridized carbons (Fsp3) is 0.318. The molecular weight excluding hydrogens is 374 g/mol. The molecule has 0 spiro atoms. The zero-order valence-electron chi connectivity index (χ0n) is 16.0. The van der Waals surface area contributed by atoms with Crippen LogP contribution in [0.15, 0.2) is 54.6 Å². The maximum absolute atomic E-state index is 12.3. The average Bonchev–Trinajstić information content (AvgIpc) is 2.67. The van der Waals surface area contributed by atoms with Gasteiger partial charge in [0.25, 0.3) is 0 Å². The standard InChI is InChI=1S/C22H25NO4S/c1-17(24)27-22-12-6-10-20-19(9-5-11-21(20)22)13-15-23-28(25,26)16-14-18-7-3-2-4-8-18/h2-4,6-10,12,23H,5,11,13-16H2,1H3. The number of carbonyl (C=O) groups excluding carboxylic acids is 1. The third-order valence-corrected chi connectivity index (χ3v) is 6.12. The van der Waals surface area contributed by atoms with E-state index in [9.17, 15) is 13.2 Å². The molecule has 2 aromatic rings. The van der Waals surface area contributed by atoms with Crippen molar-refractivity contribution < 1.29 is 17.9 Å². The third-order valence-electron chi connectivity index (χ3n) is 4.74. The fourth-order valence-corrected chi connectivity index (χ4v) is 4.48. The van der Waals surface area contributed by atoms with Crippen LogP contribution in [-0.4, -0.2) is 26.7 Å². The lowest BCUT2D eigenvalue weighted by atomic mass is 9.88. The first-order valence-corrected chi connectivity index (χ1v) is 11.1. The summed E-state index contributed by atoms with van der Waals surface area (Å²) in [4.78, 5) is 11.3. The van der Waals surface area contributed by atoms with Gasteiger partial charge in [-0.3, -0.25) is 4.79 Å². The number of benzene rings is 2. The molecule has 3 rings (SSSR count). The lowest BCUT2D eigenvalue weighted by Crippen LogP contribution is -2.28. The molecule has 0 saturated heterocycles. The number of esters is 1. The predicted molar refractivity (Wildman–Crippen MR) is 111 cm³/mol. The molecule has 0 amide bonds. The highest BCUT2D eigenvalue weighted by atomic mass is 32.2. The Morgan fingerprint density at radius 2 is 1.86 bits per heavy atom. The van der Waals surface area contributed by atoms with E-state index in [-0.39, 0.29) is 11.7 Å². The van der Waals surface area contributed by atoms with Crippen LogP contribution in [0.2, 0.25) is 0 Å². The molecule has 2 aromatic carbocycles. The van der Waals surface area contributed by atoms with Gasteiger partial charge in [-0.1, -0.05) is 48.5 Å². The Morgan fingerprint density at radius 3 is 2.61 bits per heavy atom. The molecule has 0 saturated carbocycles. The van der Waals surface area contributed by atoms with E-state index in [4.69, 9.17) is 4.74 Å². The largest absolute Gasteiger partial charge is 0.426 e. The van der Waals surface area contributed by atoms with Gasteiger partial charge in [-0.25, -0.2) is 13.1 Å². The van der Waals surface area contributed by atoms with E-state index < -0.39 is 10.0 Å². The number of hydrogen-bond acceptors (Lipinski definition) is 4. The minimum absolute atomic E-state index is 0.0727. The summed E-state index contributed by atoms with van der Waals surface area (Å²) in [5.41, 5.74) is 4.14. The Balaban J connectivity index is 1.58. The van der Waals surface area contributed by atoms with Gasteiger partial charge in [0.1, 0.15) is 5.75 Å². The molecule has 0 aliphatic heterocycles. The molecule has 0 aromatic heterocycles. The van der Waals surface area contributed by atoms with Gasteiger partial charge in [0, 0.05) is 19.0 Å². The Morgan fingerprint density at radius 1 is 1.07 bits per heavy atom. The zero-order valence-corrected chi connectivity index (χ0v) is 16.8. The number of nitrogens with one attached hydrogen (secondary N) is 1. The Bertz CT molecular complexity index is 965. The first-order valence-electron chi connectivity index (χ1n) is 9.45. The summed E-state index contributed by atoms with van der Waals surface area (Å²) in [6.07, 6.45) is 4.89. The second-order valence-corrected chi connectivity index (χ2v) is 8.77. The normalized spacial score (nSPS) is 13.5. The van der Waals surface area contributed by atoms with Gasteiger partial charge in [0.05, 0.1) is 5.75 Å². The molecule has 0 radical (unpaired) electrons. The van der Waals surface area contributed by atoms with Crippen molar-refractivity contribution in [3.05, 3.63) is 71.3 Å². The van der Waals surface area contributed by atoms with Gasteiger partial charge in [0.15, 0.2) is 0 Å². The van der Waals surface area contributed by atoms with Crippen molar-refractivity contribution in [1.29, 1.82) is 0 Å². The summed E-state index contributed by atoms with van der Waals surface area (Å²) in [6, 6.07) is 15.3. The van der Waals surface area contributed by atoms with Gasteiger partial charge in [-0.15, -0.1) is 0 Å². The van der Waals surface area contributed by atoms with Crippen molar-refractivity contribution in [2.24, 2.45) is 0 Å². The number of aryl methyl sites for hydroxylation is 1. The summed E-state index contributed by atoms with van der Waals surface area (Å²) in [7, 11) is -3.33. The average molecular weight is 400 g/mol. The van der Waals surface area contributed by atoms with Crippen LogP contribution in [0.5, 0.6) is 5.75 Å². The quantitative estimate of drug-likeness (QED) is 0.545. The maximum Gasteiger partial charge on any atom is 0.308 e. The molecule has 28 heavy (non-hydrogen) atoms.